The first-order valence-electron chi connectivity index (χ1n) is 8.32. The number of carbonyl (C=O) groups excluding carboxylic acids is 2. The number of carbonyl (C=O) groups is 2. The highest BCUT2D eigenvalue weighted by Crippen LogP contribution is 2.29. The molecule has 0 aliphatic carbocycles. The van der Waals surface area contributed by atoms with Crippen LogP contribution in [-0.2, 0) is 4.79 Å². The van der Waals surface area contributed by atoms with Gasteiger partial charge in [0.05, 0.1) is 10.6 Å². The standard InChI is InChI=1S/C19H21ClFN3O2.2H2/c1-3-15(24-9-11(2)19(22)26)13-6-7-14(20)16(17(13)21)18(25)12-5-4-8-23-10-12;;/h4-8,10-11,15,24H,3,9H2,1-2H3,(H2,22,26);2*1H/t11-,15-;;/m0../s1. The maximum absolute atomic E-state index is 15.1. The molecule has 2 aromatic rings. The largest absolute Gasteiger partial charge is 0.369 e. The summed E-state index contributed by atoms with van der Waals surface area (Å²) in [6.07, 6.45) is 3.46. The van der Waals surface area contributed by atoms with Crippen molar-refractivity contribution in [1.82, 2.24) is 10.3 Å². The van der Waals surface area contributed by atoms with Crippen molar-refractivity contribution in [2.45, 2.75) is 26.3 Å². The average Bonchev–Trinajstić information content (AvgIpc) is 2.63. The monoisotopic (exact) mass is 381 g/mol. The molecule has 0 unspecified atom stereocenters. The fourth-order valence-electron chi connectivity index (χ4n) is 2.58. The van der Waals surface area contributed by atoms with Crippen molar-refractivity contribution in [2.75, 3.05) is 6.54 Å². The van der Waals surface area contributed by atoms with E-state index in [9.17, 15) is 9.59 Å². The number of nitrogens with one attached hydrogen (secondary N) is 1. The number of aromatic nitrogens is 1. The van der Waals surface area contributed by atoms with Crippen molar-refractivity contribution in [1.29, 1.82) is 0 Å². The summed E-state index contributed by atoms with van der Waals surface area (Å²) < 4.78 is 15.1. The first kappa shape index (κ1) is 20.0. The van der Waals surface area contributed by atoms with E-state index in [0.717, 1.165) is 0 Å². The lowest BCUT2D eigenvalue weighted by Gasteiger charge is -2.21. The quantitative estimate of drug-likeness (QED) is 0.682. The number of hydrogen-bond donors (Lipinski definition) is 2. The van der Waals surface area contributed by atoms with Crippen LogP contribution in [-0.4, -0.2) is 23.2 Å². The highest BCUT2D eigenvalue weighted by Gasteiger charge is 2.24. The third kappa shape index (κ3) is 4.45. The minimum atomic E-state index is -0.669. The molecule has 1 aromatic carbocycles. The zero-order valence-electron chi connectivity index (χ0n) is 14.6. The molecule has 0 bridgehead atoms. The average molecular weight is 382 g/mol. The summed E-state index contributed by atoms with van der Waals surface area (Å²) in [5, 5.41) is 3.17. The Morgan fingerprint density at radius 3 is 2.69 bits per heavy atom. The Kier molecular flexibility index (Phi) is 6.83. The van der Waals surface area contributed by atoms with Crippen LogP contribution in [0.15, 0.2) is 36.7 Å². The van der Waals surface area contributed by atoms with Crippen LogP contribution in [0.1, 0.15) is 50.6 Å². The van der Waals surface area contributed by atoms with Crippen LogP contribution in [0.4, 0.5) is 4.39 Å². The number of rotatable bonds is 8. The molecule has 0 aliphatic rings. The van der Waals surface area contributed by atoms with Gasteiger partial charge in [-0.1, -0.05) is 31.5 Å². The predicted octanol–water partition coefficient (Wildman–Crippen LogP) is 3.76. The maximum Gasteiger partial charge on any atom is 0.221 e. The summed E-state index contributed by atoms with van der Waals surface area (Å²) >= 11 is 6.10. The Labute approximate surface area is 159 Å². The smallest absolute Gasteiger partial charge is 0.221 e. The van der Waals surface area contributed by atoms with E-state index in [1.807, 2.05) is 6.92 Å². The fraction of sp³-hybridized carbons (Fsp3) is 0.316. The molecule has 26 heavy (non-hydrogen) atoms. The first-order valence-corrected chi connectivity index (χ1v) is 8.69. The normalized spacial score (nSPS) is 13.2. The van der Waals surface area contributed by atoms with E-state index in [1.54, 1.807) is 25.1 Å². The van der Waals surface area contributed by atoms with Crippen LogP contribution in [0.2, 0.25) is 5.02 Å². The van der Waals surface area contributed by atoms with Crippen LogP contribution in [0, 0.1) is 11.7 Å². The van der Waals surface area contributed by atoms with Crippen molar-refractivity contribution in [3.05, 3.63) is 64.2 Å². The Balaban J connectivity index is 0.00000364. The molecule has 2 rings (SSSR count). The molecule has 1 amide bonds. The van der Waals surface area contributed by atoms with Crippen LogP contribution >= 0.6 is 11.6 Å². The summed E-state index contributed by atoms with van der Waals surface area (Å²) in [4.78, 5) is 27.7. The summed E-state index contributed by atoms with van der Waals surface area (Å²) in [5.41, 5.74) is 5.66. The number of amides is 1. The van der Waals surface area contributed by atoms with Gasteiger partial charge in [0.2, 0.25) is 5.91 Å². The van der Waals surface area contributed by atoms with E-state index in [2.05, 4.69) is 10.3 Å². The van der Waals surface area contributed by atoms with E-state index < -0.39 is 23.4 Å². The lowest BCUT2D eigenvalue weighted by molar-refractivity contribution is -0.121. The highest BCUT2D eigenvalue weighted by molar-refractivity contribution is 6.35. The molecule has 1 aromatic heterocycles. The fourth-order valence-corrected chi connectivity index (χ4v) is 2.81. The third-order valence-electron chi connectivity index (χ3n) is 4.21. The van der Waals surface area contributed by atoms with E-state index in [-0.39, 0.29) is 25.0 Å². The molecule has 2 atom stereocenters. The molecule has 7 heteroatoms. The van der Waals surface area contributed by atoms with E-state index in [1.165, 1.54) is 18.5 Å². The van der Waals surface area contributed by atoms with Gasteiger partial charge in [0.25, 0.3) is 0 Å². The van der Waals surface area contributed by atoms with Gasteiger partial charge >= 0.3 is 0 Å². The number of halogens is 2. The molecule has 1 heterocycles. The number of primary amides is 1. The van der Waals surface area contributed by atoms with E-state index in [4.69, 9.17) is 17.3 Å². The topological polar surface area (TPSA) is 85.1 Å². The molecule has 0 radical (unpaired) electrons. The van der Waals surface area contributed by atoms with Gasteiger partial charge in [-0.2, -0.15) is 0 Å². The lowest BCUT2D eigenvalue weighted by Crippen LogP contribution is -2.33. The van der Waals surface area contributed by atoms with Crippen molar-refractivity contribution >= 4 is 23.3 Å². The number of hydrogen-bond acceptors (Lipinski definition) is 4. The molecule has 0 spiro atoms. The number of nitrogens with two attached hydrogens (primary N) is 1. The zero-order chi connectivity index (χ0) is 19.3. The minimum Gasteiger partial charge on any atom is -0.369 e. The van der Waals surface area contributed by atoms with Crippen molar-refractivity contribution in [2.24, 2.45) is 11.7 Å². The third-order valence-corrected chi connectivity index (χ3v) is 4.53. The molecule has 0 saturated carbocycles. The minimum absolute atomic E-state index is 0. The van der Waals surface area contributed by atoms with Gasteiger partial charge in [-0.05, 0) is 24.6 Å². The Bertz CT molecular complexity index is 809. The van der Waals surface area contributed by atoms with Crippen LogP contribution in [0.25, 0.3) is 0 Å². The number of benzene rings is 1. The molecule has 0 saturated heterocycles. The zero-order valence-corrected chi connectivity index (χ0v) is 15.4. The Hall–Kier alpha value is -2.31. The molecule has 142 valence electrons. The second-order valence-electron chi connectivity index (χ2n) is 6.07. The maximum atomic E-state index is 15.1. The number of nitrogens with zero attached hydrogens (tertiary/aromatic N) is 1. The molecule has 3 N–H and O–H groups in total. The van der Waals surface area contributed by atoms with Gasteiger partial charge in [-0.25, -0.2) is 4.39 Å². The Morgan fingerprint density at radius 1 is 1.38 bits per heavy atom. The van der Waals surface area contributed by atoms with Gasteiger partial charge in [-0.3, -0.25) is 14.6 Å². The van der Waals surface area contributed by atoms with Gasteiger partial charge in [-0.15, -0.1) is 0 Å². The summed E-state index contributed by atoms with van der Waals surface area (Å²) in [6, 6.07) is 5.83. The number of ketones is 1. The second-order valence-corrected chi connectivity index (χ2v) is 6.48. The molecule has 0 aliphatic heterocycles. The van der Waals surface area contributed by atoms with E-state index >= 15 is 4.39 Å². The molecule has 0 fully saturated rings. The highest BCUT2D eigenvalue weighted by atomic mass is 35.5. The van der Waals surface area contributed by atoms with Crippen molar-refractivity contribution in [3.8, 4) is 0 Å². The van der Waals surface area contributed by atoms with Crippen molar-refractivity contribution < 1.29 is 16.8 Å². The predicted molar refractivity (Wildman–Crippen MR) is 103 cm³/mol. The van der Waals surface area contributed by atoms with E-state index in [0.29, 0.717) is 18.5 Å². The van der Waals surface area contributed by atoms with Crippen LogP contribution < -0.4 is 11.1 Å². The molecular formula is C19H25ClFN3O2. The van der Waals surface area contributed by atoms with Gasteiger partial charge in [0.1, 0.15) is 5.82 Å². The summed E-state index contributed by atoms with van der Waals surface area (Å²) in [5.74, 6) is -2.02. The number of pyridine rings is 1. The Morgan fingerprint density at radius 2 is 2.12 bits per heavy atom. The lowest BCUT2D eigenvalue weighted by atomic mass is 9.96. The van der Waals surface area contributed by atoms with Crippen LogP contribution in [0.3, 0.4) is 0 Å². The van der Waals surface area contributed by atoms with Gasteiger partial charge < -0.3 is 11.1 Å². The molecule has 5 nitrogen and oxygen atoms in total. The summed E-state index contributed by atoms with van der Waals surface area (Å²) in [6.45, 7) is 3.88. The summed E-state index contributed by atoms with van der Waals surface area (Å²) in [7, 11) is 0. The van der Waals surface area contributed by atoms with Crippen molar-refractivity contribution in [3.63, 3.8) is 0 Å². The second kappa shape index (κ2) is 8.87. The molecular weight excluding hydrogens is 357 g/mol. The first-order chi connectivity index (χ1) is 12.4. The van der Waals surface area contributed by atoms with Gasteiger partial charge in [0.15, 0.2) is 5.78 Å². The van der Waals surface area contributed by atoms with Gasteiger partial charge in [0, 0.05) is 44.9 Å². The SMILES string of the molecule is CC[C@H](NC[C@H](C)C(N)=O)c1ccc(Cl)c(C(=O)c2cccnc2)c1F.[HH].[HH]. The van der Waals surface area contributed by atoms with Crippen LogP contribution in [0.5, 0.6) is 0 Å².